The Labute approximate surface area is 199 Å². The molecule has 2 aliphatic carbocycles. The molecule has 0 unspecified atom stereocenters. The highest BCUT2D eigenvalue weighted by atomic mass is 79.9. The summed E-state index contributed by atoms with van der Waals surface area (Å²) in [6.45, 7) is -1.07. The highest BCUT2D eigenvalue weighted by Gasteiger charge is 2.66. The monoisotopic (exact) mass is 580 g/mol. The van der Waals surface area contributed by atoms with Gasteiger partial charge in [-0.25, -0.2) is 0 Å². The average Bonchev–Trinajstić information content (AvgIpc) is 3.29. The lowest BCUT2D eigenvalue weighted by atomic mass is 9.81. The van der Waals surface area contributed by atoms with Gasteiger partial charge in [-0.2, -0.15) is 0 Å². The number of carbonyl (C=O) groups excluding carboxylic acids is 4. The summed E-state index contributed by atoms with van der Waals surface area (Å²) in [5.41, 5.74) is 0.323. The molecular weight excluding hydrogens is 567 g/mol. The lowest BCUT2D eigenvalue weighted by Gasteiger charge is -2.28. The molecule has 3 fully saturated rings. The molecule has 2 saturated carbocycles. The lowest BCUT2D eigenvalue weighted by Crippen LogP contribution is -2.38. The maximum absolute atomic E-state index is 12.8. The third-order valence-corrected chi connectivity index (χ3v) is 9.69. The van der Waals surface area contributed by atoms with Gasteiger partial charge in [0.2, 0.25) is 11.8 Å². The van der Waals surface area contributed by atoms with Crippen LogP contribution < -0.4 is 5.32 Å². The fourth-order valence-corrected chi connectivity index (χ4v) is 6.99. The van der Waals surface area contributed by atoms with Gasteiger partial charge in [-0.05, 0) is 36.5 Å². The summed E-state index contributed by atoms with van der Waals surface area (Å²) in [7, 11) is 0. The van der Waals surface area contributed by atoms with Crippen molar-refractivity contribution in [2.24, 2.45) is 23.7 Å². The zero-order valence-electron chi connectivity index (χ0n) is 15.3. The van der Waals surface area contributed by atoms with Crippen molar-refractivity contribution >= 4 is 84.4 Å². The summed E-state index contributed by atoms with van der Waals surface area (Å²) >= 11 is 19.0. The van der Waals surface area contributed by atoms with Gasteiger partial charge in [0.1, 0.15) is 6.54 Å². The molecule has 0 radical (unpaired) electrons. The fraction of sp³-hybridized carbons (Fsp3) is 0.474. The Morgan fingerprint density at radius 3 is 2.27 bits per heavy atom. The first-order chi connectivity index (χ1) is 14.2. The van der Waals surface area contributed by atoms with Gasteiger partial charge in [0.25, 0.3) is 5.91 Å². The van der Waals surface area contributed by atoms with Crippen molar-refractivity contribution in [1.82, 2.24) is 4.90 Å². The second kappa shape index (κ2) is 8.41. The van der Waals surface area contributed by atoms with Crippen LogP contribution in [0.4, 0.5) is 5.69 Å². The van der Waals surface area contributed by atoms with E-state index in [0.29, 0.717) is 10.7 Å². The molecule has 160 valence electrons. The first kappa shape index (κ1) is 22.0. The predicted molar refractivity (Wildman–Crippen MR) is 117 cm³/mol. The van der Waals surface area contributed by atoms with E-state index in [2.05, 4.69) is 37.2 Å². The van der Waals surface area contributed by atoms with E-state index in [-0.39, 0.29) is 38.3 Å². The van der Waals surface area contributed by atoms with Crippen LogP contribution in [0.1, 0.15) is 6.42 Å². The third-order valence-electron chi connectivity index (χ3n) is 5.94. The van der Waals surface area contributed by atoms with Crippen molar-refractivity contribution in [3.8, 4) is 0 Å². The SMILES string of the molecule is O=C(COC(=O)CN1C(=O)[C@@H]2[C@H]3C[C@@H]([C@@H](Br)[C@H]3Br)[C@H]2C1=O)Nc1ccc(Cl)cc1Cl. The number of likely N-dealkylation sites (tertiary alicyclic amines) is 1. The molecule has 1 aromatic carbocycles. The number of imide groups is 1. The minimum Gasteiger partial charge on any atom is -0.454 e. The molecule has 3 aliphatic rings. The number of anilines is 1. The van der Waals surface area contributed by atoms with Crippen LogP contribution in [0.15, 0.2) is 18.2 Å². The number of esters is 1. The Balaban J connectivity index is 1.32. The van der Waals surface area contributed by atoms with Crippen LogP contribution in [-0.4, -0.2) is 51.4 Å². The summed E-state index contributed by atoms with van der Waals surface area (Å²) in [6, 6.07) is 4.54. The molecule has 3 amide bonds. The minimum atomic E-state index is -0.827. The van der Waals surface area contributed by atoms with E-state index in [1.165, 1.54) is 12.1 Å². The third kappa shape index (κ3) is 3.78. The van der Waals surface area contributed by atoms with E-state index in [9.17, 15) is 19.2 Å². The number of amides is 3. The highest BCUT2D eigenvalue weighted by Crippen LogP contribution is 2.60. The molecule has 1 aliphatic heterocycles. The van der Waals surface area contributed by atoms with Crippen LogP contribution in [0, 0.1) is 23.7 Å². The van der Waals surface area contributed by atoms with Crippen LogP contribution >= 0.6 is 55.1 Å². The lowest BCUT2D eigenvalue weighted by molar-refractivity contribution is -0.154. The van der Waals surface area contributed by atoms with Crippen molar-refractivity contribution < 1.29 is 23.9 Å². The van der Waals surface area contributed by atoms with Gasteiger partial charge >= 0.3 is 5.97 Å². The molecule has 7 nitrogen and oxygen atoms in total. The molecule has 1 saturated heterocycles. The fourth-order valence-electron chi connectivity index (χ4n) is 4.66. The zero-order valence-corrected chi connectivity index (χ0v) is 20.0. The Bertz CT molecular complexity index is 913. The van der Waals surface area contributed by atoms with E-state index in [1.807, 2.05) is 0 Å². The van der Waals surface area contributed by atoms with Crippen LogP contribution in [0.5, 0.6) is 0 Å². The standard InChI is InChI=1S/C19H16Br2Cl2N2O5/c20-16-8-4-9(17(16)21)15-14(8)18(28)25(19(15)29)5-13(27)30-6-12(26)24-11-2-1-7(22)3-10(11)23/h1-3,8-9,14-17H,4-6H2,(H,24,26)/t8-,9-,14-,15-,16-,17+/m1/s1. The van der Waals surface area contributed by atoms with E-state index in [1.54, 1.807) is 6.07 Å². The van der Waals surface area contributed by atoms with Gasteiger partial charge in [-0.1, -0.05) is 55.1 Å². The number of benzene rings is 1. The number of halogens is 4. The normalized spacial score (nSPS) is 31.8. The quantitative estimate of drug-likeness (QED) is 0.327. The number of fused-ring (bicyclic) bond motifs is 5. The Kier molecular flexibility index (Phi) is 6.18. The van der Waals surface area contributed by atoms with Gasteiger partial charge in [0, 0.05) is 14.7 Å². The van der Waals surface area contributed by atoms with E-state index >= 15 is 0 Å². The van der Waals surface area contributed by atoms with Crippen molar-refractivity contribution in [3.63, 3.8) is 0 Å². The Hall–Kier alpha value is -1.16. The topological polar surface area (TPSA) is 92.8 Å². The number of carbonyl (C=O) groups is 4. The first-order valence-electron chi connectivity index (χ1n) is 9.23. The zero-order chi connectivity index (χ0) is 21.7. The molecule has 11 heteroatoms. The summed E-state index contributed by atoms with van der Waals surface area (Å²) < 4.78 is 4.95. The van der Waals surface area contributed by atoms with Crippen LogP contribution in [0.2, 0.25) is 10.0 Å². The number of nitrogens with zero attached hydrogens (tertiary/aromatic N) is 1. The van der Waals surface area contributed by atoms with Crippen LogP contribution in [-0.2, 0) is 23.9 Å². The number of hydrogen-bond acceptors (Lipinski definition) is 5. The van der Waals surface area contributed by atoms with Crippen LogP contribution in [0.25, 0.3) is 0 Å². The average molecular weight is 583 g/mol. The molecule has 6 atom stereocenters. The second-order valence-electron chi connectivity index (χ2n) is 7.60. The molecule has 30 heavy (non-hydrogen) atoms. The minimum absolute atomic E-state index is 0.0664. The van der Waals surface area contributed by atoms with E-state index < -0.39 is 36.9 Å². The van der Waals surface area contributed by atoms with Gasteiger partial charge in [-0.15, -0.1) is 0 Å². The van der Waals surface area contributed by atoms with Gasteiger partial charge in [0.15, 0.2) is 6.61 Å². The molecule has 1 heterocycles. The number of rotatable bonds is 5. The Morgan fingerprint density at radius 1 is 1.10 bits per heavy atom. The predicted octanol–water partition coefficient (Wildman–Crippen LogP) is 3.25. The summed E-state index contributed by atoms with van der Waals surface area (Å²) in [4.78, 5) is 50.9. The molecule has 1 aromatic rings. The molecule has 0 aromatic heterocycles. The van der Waals surface area contributed by atoms with E-state index in [4.69, 9.17) is 27.9 Å². The number of hydrogen-bond donors (Lipinski definition) is 1. The second-order valence-corrected chi connectivity index (χ2v) is 10.6. The molecule has 4 rings (SSSR count). The summed E-state index contributed by atoms with van der Waals surface area (Å²) in [5.74, 6) is -2.77. The smallest absolute Gasteiger partial charge is 0.326 e. The molecule has 2 bridgehead atoms. The number of alkyl halides is 2. The maximum atomic E-state index is 12.8. The summed E-state index contributed by atoms with van der Waals surface area (Å²) in [5, 5.41) is 3.16. The van der Waals surface area contributed by atoms with Crippen molar-refractivity contribution in [3.05, 3.63) is 28.2 Å². The highest BCUT2D eigenvalue weighted by molar-refractivity contribution is 9.12. The Morgan fingerprint density at radius 2 is 1.70 bits per heavy atom. The van der Waals surface area contributed by atoms with Gasteiger partial charge in [0.05, 0.1) is 22.5 Å². The van der Waals surface area contributed by atoms with Crippen molar-refractivity contribution in [2.45, 2.75) is 16.1 Å². The number of ether oxygens (including phenoxy) is 1. The van der Waals surface area contributed by atoms with E-state index in [0.717, 1.165) is 11.3 Å². The summed E-state index contributed by atoms with van der Waals surface area (Å²) in [6.07, 6.45) is 0.810. The maximum Gasteiger partial charge on any atom is 0.326 e. The first-order valence-corrected chi connectivity index (χ1v) is 11.8. The van der Waals surface area contributed by atoms with Crippen molar-refractivity contribution in [1.29, 1.82) is 0 Å². The van der Waals surface area contributed by atoms with Gasteiger partial charge < -0.3 is 10.1 Å². The largest absolute Gasteiger partial charge is 0.454 e. The van der Waals surface area contributed by atoms with Crippen molar-refractivity contribution in [2.75, 3.05) is 18.5 Å². The molecule has 1 N–H and O–H groups in total. The molecule has 0 spiro atoms. The molecular formula is C19H16Br2Cl2N2O5. The van der Waals surface area contributed by atoms with Crippen LogP contribution in [0.3, 0.4) is 0 Å². The van der Waals surface area contributed by atoms with Gasteiger partial charge in [-0.3, -0.25) is 24.1 Å². The number of nitrogens with one attached hydrogen (secondary N) is 1.